The molecule has 2 bridgehead atoms. The van der Waals surface area contributed by atoms with Crippen LogP contribution < -0.4 is 10.6 Å². The Morgan fingerprint density at radius 3 is 2.58 bits per heavy atom. The van der Waals surface area contributed by atoms with E-state index in [0.29, 0.717) is 28.8 Å². The van der Waals surface area contributed by atoms with Crippen LogP contribution in [0.3, 0.4) is 0 Å². The van der Waals surface area contributed by atoms with Crippen molar-refractivity contribution in [1.82, 2.24) is 5.32 Å². The quantitative estimate of drug-likeness (QED) is 0.570. The Morgan fingerprint density at radius 2 is 1.87 bits per heavy atom. The van der Waals surface area contributed by atoms with Gasteiger partial charge in [0, 0.05) is 11.3 Å². The maximum atomic E-state index is 14.6. The number of halogens is 2. The van der Waals surface area contributed by atoms with Gasteiger partial charge in [0.15, 0.2) is 0 Å². The molecule has 1 aliphatic rings. The Kier molecular flexibility index (Phi) is 6.43. The number of benzene rings is 2. The highest BCUT2D eigenvalue weighted by Crippen LogP contribution is 2.33. The first-order chi connectivity index (χ1) is 14.5. The lowest BCUT2D eigenvalue weighted by atomic mass is 9.95. The van der Waals surface area contributed by atoms with Crippen LogP contribution in [0.2, 0.25) is 0 Å². The highest BCUT2D eigenvalue weighted by Gasteiger charge is 2.22. The molecule has 0 unspecified atom stereocenters. The summed E-state index contributed by atoms with van der Waals surface area (Å²) in [5.74, 6) is -1.80. The van der Waals surface area contributed by atoms with Gasteiger partial charge in [-0.15, -0.1) is 0 Å². The summed E-state index contributed by atoms with van der Waals surface area (Å²) in [4.78, 5) is 24.9. The molecule has 2 amide bonds. The van der Waals surface area contributed by atoms with Crippen molar-refractivity contribution in [3.05, 3.63) is 65.7 Å². The van der Waals surface area contributed by atoms with Crippen molar-refractivity contribution >= 4 is 17.7 Å². The first-order valence-corrected chi connectivity index (χ1v) is 10.1. The molecule has 0 spiro atoms. The summed E-state index contributed by atoms with van der Waals surface area (Å²) in [6.07, 6.45) is 3.16. The van der Waals surface area contributed by atoms with Crippen LogP contribution in [-0.2, 0) is 9.53 Å². The molecule has 2 aromatic carbocycles. The molecule has 31 heavy (non-hydrogen) atoms. The third kappa shape index (κ3) is 5.90. The van der Waals surface area contributed by atoms with E-state index in [0.717, 1.165) is 0 Å². The van der Waals surface area contributed by atoms with Crippen LogP contribution in [0.1, 0.15) is 45.7 Å². The average Bonchev–Trinajstić information content (AvgIpc) is 2.65. The third-order valence-electron chi connectivity index (χ3n) is 4.77. The molecule has 1 heterocycles. The molecule has 0 fully saturated rings. The number of carbonyl (C=O) groups is 2. The van der Waals surface area contributed by atoms with Gasteiger partial charge in [0.1, 0.15) is 17.2 Å². The second kappa shape index (κ2) is 8.88. The van der Waals surface area contributed by atoms with Crippen LogP contribution in [0.25, 0.3) is 11.1 Å². The molecule has 7 heteroatoms. The van der Waals surface area contributed by atoms with E-state index in [9.17, 15) is 18.4 Å². The van der Waals surface area contributed by atoms with Gasteiger partial charge in [-0.25, -0.2) is 13.6 Å². The van der Waals surface area contributed by atoms with Crippen molar-refractivity contribution in [2.45, 2.75) is 45.8 Å². The van der Waals surface area contributed by atoms with Crippen LogP contribution in [0, 0.1) is 17.6 Å². The molecule has 1 aliphatic heterocycles. The molecule has 0 radical (unpaired) electrons. The molecule has 5 nitrogen and oxygen atoms in total. The molecule has 0 aliphatic carbocycles. The SMILES string of the molecule is C[C@@H]1/C=C\C[C@H](NC(=O)OC(C)(C)C)c2cc(F)cc(c2)-c2cc(F)ccc2NC1=O. The molecule has 0 saturated carbocycles. The zero-order valence-electron chi connectivity index (χ0n) is 18.0. The molecule has 2 N–H and O–H groups in total. The van der Waals surface area contributed by atoms with Gasteiger partial charge in [-0.05, 0) is 74.7 Å². The zero-order valence-corrected chi connectivity index (χ0v) is 18.0. The number of alkyl carbamates (subject to hydrolysis) is 1. The van der Waals surface area contributed by atoms with E-state index >= 15 is 0 Å². The van der Waals surface area contributed by atoms with Crippen LogP contribution in [-0.4, -0.2) is 17.6 Å². The molecule has 3 rings (SSSR count). The van der Waals surface area contributed by atoms with E-state index in [1.165, 1.54) is 30.3 Å². The summed E-state index contributed by atoms with van der Waals surface area (Å²) < 4.78 is 33.9. The van der Waals surface area contributed by atoms with Crippen LogP contribution in [0.5, 0.6) is 0 Å². The van der Waals surface area contributed by atoms with Crippen LogP contribution >= 0.6 is 0 Å². The number of hydrogen-bond donors (Lipinski definition) is 2. The van der Waals surface area contributed by atoms with Gasteiger partial charge in [-0.3, -0.25) is 4.79 Å². The average molecular weight is 428 g/mol. The minimum absolute atomic E-state index is 0.280. The number of ether oxygens (including phenoxy) is 1. The number of hydrogen-bond acceptors (Lipinski definition) is 3. The van der Waals surface area contributed by atoms with Gasteiger partial charge in [0.05, 0.1) is 12.0 Å². The van der Waals surface area contributed by atoms with Crippen LogP contribution in [0.4, 0.5) is 19.3 Å². The van der Waals surface area contributed by atoms with Gasteiger partial charge in [-0.2, -0.15) is 0 Å². The van der Waals surface area contributed by atoms with E-state index < -0.39 is 35.3 Å². The number of anilines is 1. The number of carbonyl (C=O) groups excluding carboxylic acids is 2. The molecule has 2 atom stereocenters. The summed E-state index contributed by atoms with van der Waals surface area (Å²) in [6, 6.07) is 7.60. The largest absolute Gasteiger partial charge is 0.444 e. The summed E-state index contributed by atoms with van der Waals surface area (Å²) in [7, 11) is 0. The predicted octanol–water partition coefficient (Wildman–Crippen LogP) is 5.73. The third-order valence-corrected chi connectivity index (χ3v) is 4.77. The summed E-state index contributed by atoms with van der Waals surface area (Å²) >= 11 is 0. The standard InChI is InChI=1S/C24H26F2N2O3/c1-14-6-5-7-20(28-23(30)31-24(2,3)4)16-10-15(11-18(26)12-16)19-13-17(25)8-9-21(19)27-22(14)29/h5-6,8-14,20H,7H2,1-4H3,(H,27,29)(H,28,30)/b6-5-/t14-,20+/m1/s1. The van der Waals surface area contributed by atoms with Crippen LogP contribution in [0.15, 0.2) is 48.6 Å². The Morgan fingerprint density at radius 1 is 1.13 bits per heavy atom. The Balaban J connectivity index is 2.10. The lowest BCUT2D eigenvalue weighted by Gasteiger charge is -2.24. The van der Waals surface area contributed by atoms with Crippen molar-refractivity contribution in [2.75, 3.05) is 5.32 Å². The Bertz CT molecular complexity index is 1030. The molecule has 164 valence electrons. The van der Waals surface area contributed by atoms with Gasteiger partial charge in [0.2, 0.25) is 5.91 Å². The number of nitrogens with one attached hydrogen (secondary N) is 2. The summed E-state index contributed by atoms with van der Waals surface area (Å²) in [6.45, 7) is 6.98. The molecule has 0 aromatic heterocycles. The first kappa shape index (κ1) is 22.5. The van der Waals surface area contributed by atoms with E-state index in [1.807, 2.05) is 0 Å². The molecule has 0 saturated heterocycles. The number of rotatable bonds is 1. The van der Waals surface area contributed by atoms with Crippen molar-refractivity contribution in [3.63, 3.8) is 0 Å². The van der Waals surface area contributed by atoms with E-state index in [-0.39, 0.29) is 5.91 Å². The fourth-order valence-corrected chi connectivity index (χ4v) is 3.31. The second-order valence-electron chi connectivity index (χ2n) is 8.60. The predicted molar refractivity (Wildman–Crippen MR) is 115 cm³/mol. The maximum absolute atomic E-state index is 14.6. The summed E-state index contributed by atoms with van der Waals surface area (Å²) in [5.41, 5.74) is 0.919. The minimum Gasteiger partial charge on any atom is -0.444 e. The lowest BCUT2D eigenvalue weighted by molar-refractivity contribution is -0.118. The van der Waals surface area contributed by atoms with Crippen molar-refractivity contribution in [1.29, 1.82) is 0 Å². The summed E-state index contributed by atoms with van der Waals surface area (Å²) in [5, 5.41) is 5.55. The highest BCUT2D eigenvalue weighted by molar-refractivity contribution is 5.97. The topological polar surface area (TPSA) is 67.4 Å². The second-order valence-corrected chi connectivity index (χ2v) is 8.60. The normalized spacial score (nSPS) is 19.9. The van der Waals surface area contributed by atoms with Gasteiger partial charge >= 0.3 is 6.09 Å². The number of fused-ring (bicyclic) bond motifs is 4. The fourth-order valence-electron chi connectivity index (χ4n) is 3.31. The Labute approximate surface area is 180 Å². The first-order valence-electron chi connectivity index (χ1n) is 10.1. The Hall–Kier alpha value is -3.22. The van der Waals surface area contributed by atoms with Crippen molar-refractivity contribution < 1.29 is 23.1 Å². The van der Waals surface area contributed by atoms with Gasteiger partial charge < -0.3 is 15.4 Å². The lowest BCUT2D eigenvalue weighted by Crippen LogP contribution is -2.35. The minimum atomic E-state index is -0.693. The van der Waals surface area contributed by atoms with E-state index in [2.05, 4.69) is 10.6 Å². The maximum Gasteiger partial charge on any atom is 0.408 e. The molecular formula is C24H26F2N2O3. The van der Waals surface area contributed by atoms with Crippen molar-refractivity contribution in [2.24, 2.45) is 5.92 Å². The van der Waals surface area contributed by atoms with E-state index in [1.54, 1.807) is 45.9 Å². The monoisotopic (exact) mass is 428 g/mol. The van der Waals surface area contributed by atoms with Gasteiger partial charge in [0.25, 0.3) is 0 Å². The highest BCUT2D eigenvalue weighted by atomic mass is 19.1. The van der Waals surface area contributed by atoms with Crippen molar-refractivity contribution in [3.8, 4) is 11.1 Å². The molecule has 2 aromatic rings. The van der Waals surface area contributed by atoms with E-state index in [4.69, 9.17) is 4.74 Å². The smallest absolute Gasteiger partial charge is 0.408 e. The zero-order chi connectivity index (χ0) is 22.8. The van der Waals surface area contributed by atoms with Gasteiger partial charge in [-0.1, -0.05) is 19.1 Å². The molecular weight excluding hydrogens is 402 g/mol. The number of amides is 2. The fraction of sp³-hybridized carbons (Fsp3) is 0.333.